The average Bonchev–Trinajstić information content (AvgIpc) is 3.28. The van der Waals surface area contributed by atoms with Crippen LogP contribution in [0.3, 0.4) is 0 Å². The molecule has 1 saturated carbocycles. The number of benzene rings is 2. The van der Waals surface area contributed by atoms with E-state index in [-0.39, 0.29) is 41.5 Å². The quantitative estimate of drug-likeness (QED) is 0.434. The zero-order valence-electron chi connectivity index (χ0n) is 20.2. The van der Waals surface area contributed by atoms with Crippen molar-refractivity contribution < 1.29 is 29.0 Å². The summed E-state index contributed by atoms with van der Waals surface area (Å²) in [6, 6.07) is 12.2. The van der Waals surface area contributed by atoms with Crippen molar-refractivity contribution in [2.24, 2.45) is 29.1 Å². The molecule has 2 aliphatic carbocycles. The zero-order valence-corrected chi connectivity index (χ0v) is 21.8. The van der Waals surface area contributed by atoms with E-state index in [1.165, 1.54) is 12.0 Å². The number of halogens is 1. The van der Waals surface area contributed by atoms with Gasteiger partial charge in [0, 0.05) is 16.0 Å². The Hall–Kier alpha value is -3.46. The molecule has 2 heterocycles. The average molecular weight is 565 g/mol. The molecule has 190 valence electrons. The Balaban J connectivity index is 1.59. The first-order chi connectivity index (χ1) is 17.7. The van der Waals surface area contributed by atoms with Crippen LogP contribution in [0.1, 0.15) is 31.2 Å². The van der Waals surface area contributed by atoms with E-state index in [9.17, 15) is 24.3 Å². The van der Waals surface area contributed by atoms with E-state index in [0.29, 0.717) is 22.1 Å². The Morgan fingerprint density at radius 1 is 1.08 bits per heavy atom. The monoisotopic (exact) mass is 564 g/mol. The number of rotatable bonds is 3. The van der Waals surface area contributed by atoms with Crippen molar-refractivity contribution >= 4 is 45.2 Å². The molecule has 9 heteroatoms. The zero-order chi connectivity index (χ0) is 26.2. The summed E-state index contributed by atoms with van der Waals surface area (Å²) in [4.78, 5) is 54.9. The third-order valence-electron chi connectivity index (χ3n) is 8.73. The summed E-state index contributed by atoms with van der Waals surface area (Å²) in [6.45, 7) is 1.78. The number of amides is 4. The number of hydrogen-bond acceptors (Lipinski definition) is 6. The van der Waals surface area contributed by atoms with Crippen LogP contribution in [-0.2, 0) is 19.2 Å². The number of nitrogens with zero attached hydrogens (tertiary/aromatic N) is 1. The number of allylic oxidation sites excluding steroid dienone is 2. The standard InChI is InChI=1S/C28H25BrN2O6/c1-28-19(26(35)31(27(28)36)14-6-4-3-5-7-14)12-17-15(8-9-16-21(17)25(34)30-24(16)33)22(28)18-10-13(29)11-20(37-2)23(18)32/h3-8,10-11,16-17,19,21-22,32H,9,12H2,1-2H3,(H,30,33,34). The first kappa shape index (κ1) is 23.9. The molecule has 0 spiro atoms. The van der Waals surface area contributed by atoms with Gasteiger partial charge in [-0.3, -0.25) is 24.5 Å². The van der Waals surface area contributed by atoms with Crippen LogP contribution < -0.4 is 15.0 Å². The van der Waals surface area contributed by atoms with E-state index >= 15 is 0 Å². The first-order valence-corrected chi connectivity index (χ1v) is 13.0. The van der Waals surface area contributed by atoms with Crippen LogP contribution in [-0.4, -0.2) is 35.8 Å². The molecule has 6 rings (SSSR count). The minimum Gasteiger partial charge on any atom is -0.504 e. The summed E-state index contributed by atoms with van der Waals surface area (Å²) in [5, 5.41) is 13.7. The van der Waals surface area contributed by atoms with Gasteiger partial charge in [0.1, 0.15) is 0 Å². The number of imide groups is 2. The van der Waals surface area contributed by atoms with E-state index < -0.39 is 35.0 Å². The summed E-state index contributed by atoms with van der Waals surface area (Å²) >= 11 is 3.49. The number of ether oxygens (including phenoxy) is 1. The van der Waals surface area contributed by atoms with Crippen molar-refractivity contribution in [1.82, 2.24) is 5.32 Å². The van der Waals surface area contributed by atoms with Gasteiger partial charge >= 0.3 is 0 Å². The van der Waals surface area contributed by atoms with E-state index in [0.717, 1.165) is 5.57 Å². The van der Waals surface area contributed by atoms with E-state index in [2.05, 4.69) is 21.2 Å². The number of carbonyl (C=O) groups excluding carboxylic acids is 4. The predicted octanol–water partition coefficient (Wildman–Crippen LogP) is 3.68. The maximum absolute atomic E-state index is 14.2. The Bertz CT molecular complexity index is 1400. The SMILES string of the molecule is COc1cc(Br)cc(C2C3=CCC4C(=O)NC(=O)C4C3CC3C(=O)N(c4ccccc4)C(=O)C32C)c1O. The molecule has 6 atom stereocenters. The molecule has 6 unspecified atom stereocenters. The number of carbonyl (C=O) groups is 4. The Labute approximate surface area is 221 Å². The van der Waals surface area contributed by atoms with Gasteiger partial charge in [0.25, 0.3) is 0 Å². The smallest absolute Gasteiger partial charge is 0.241 e. The minimum atomic E-state index is -1.23. The Kier molecular flexibility index (Phi) is 5.35. The van der Waals surface area contributed by atoms with E-state index in [1.807, 2.05) is 12.1 Å². The molecule has 8 nitrogen and oxygen atoms in total. The summed E-state index contributed by atoms with van der Waals surface area (Å²) < 4.78 is 6.04. The normalized spacial score (nSPS) is 32.5. The molecular weight excluding hydrogens is 540 g/mol. The number of fused-ring (bicyclic) bond motifs is 4. The van der Waals surface area contributed by atoms with Crippen LogP contribution in [0.15, 0.2) is 58.6 Å². The third kappa shape index (κ3) is 3.19. The fourth-order valence-electron chi connectivity index (χ4n) is 7.06. The fraction of sp³-hybridized carbons (Fsp3) is 0.357. The largest absolute Gasteiger partial charge is 0.504 e. The summed E-state index contributed by atoms with van der Waals surface area (Å²) in [5.74, 6) is -4.25. The van der Waals surface area contributed by atoms with Gasteiger partial charge in [0.05, 0.1) is 36.0 Å². The molecule has 0 bridgehead atoms. The molecular formula is C28H25BrN2O6. The Morgan fingerprint density at radius 3 is 2.51 bits per heavy atom. The number of nitrogens with one attached hydrogen (secondary N) is 1. The molecule has 4 aliphatic rings. The third-order valence-corrected chi connectivity index (χ3v) is 9.19. The van der Waals surface area contributed by atoms with Crippen LogP contribution in [0.25, 0.3) is 0 Å². The number of phenolic OH excluding ortho intramolecular Hbond substituents is 1. The molecule has 2 aromatic rings. The van der Waals surface area contributed by atoms with Gasteiger partial charge in [0.15, 0.2) is 11.5 Å². The number of anilines is 1. The van der Waals surface area contributed by atoms with Crippen LogP contribution in [0, 0.1) is 29.1 Å². The molecule has 3 fully saturated rings. The van der Waals surface area contributed by atoms with Gasteiger partial charge in [-0.2, -0.15) is 0 Å². The van der Waals surface area contributed by atoms with Crippen molar-refractivity contribution in [2.75, 3.05) is 12.0 Å². The molecule has 2 aliphatic heterocycles. The summed E-state index contributed by atoms with van der Waals surface area (Å²) in [5.41, 5.74) is 0.488. The maximum Gasteiger partial charge on any atom is 0.241 e. The van der Waals surface area contributed by atoms with E-state index in [1.54, 1.807) is 43.3 Å². The van der Waals surface area contributed by atoms with Gasteiger partial charge in [-0.1, -0.05) is 45.8 Å². The van der Waals surface area contributed by atoms with Crippen molar-refractivity contribution in [3.63, 3.8) is 0 Å². The van der Waals surface area contributed by atoms with Crippen molar-refractivity contribution in [3.05, 3.63) is 64.1 Å². The van der Waals surface area contributed by atoms with Crippen molar-refractivity contribution in [1.29, 1.82) is 0 Å². The van der Waals surface area contributed by atoms with Gasteiger partial charge in [-0.15, -0.1) is 0 Å². The topological polar surface area (TPSA) is 113 Å². The first-order valence-electron chi connectivity index (χ1n) is 12.2. The molecule has 2 N–H and O–H groups in total. The number of hydrogen-bond donors (Lipinski definition) is 2. The number of para-hydroxylation sites is 1. The minimum absolute atomic E-state index is 0.121. The lowest BCUT2D eigenvalue weighted by Gasteiger charge is -2.49. The molecule has 4 amide bonds. The summed E-state index contributed by atoms with van der Waals surface area (Å²) in [7, 11) is 1.44. The maximum atomic E-state index is 14.2. The van der Waals surface area contributed by atoms with Crippen LogP contribution in [0.4, 0.5) is 5.69 Å². The lowest BCUT2D eigenvalue weighted by Crippen LogP contribution is -2.48. The second kappa shape index (κ2) is 8.28. The second-order valence-electron chi connectivity index (χ2n) is 10.4. The van der Waals surface area contributed by atoms with E-state index in [4.69, 9.17) is 4.74 Å². The van der Waals surface area contributed by atoms with Crippen LogP contribution in [0.2, 0.25) is 0 Å². The van der Waals surface area contributed by atoms with Gasteiger partial charge in [0.2, 0.25) is 23.6 Å². The lowest BCUT2D eigenvalue weighted by molar-refractivity contribution is -0.131. The molecule has 2 saturated heterocycles. The molecule has 2 aromatic carbocycles. The van der Waals surface area contributed by atoms with Crippen LogP contribution >= 0.6 is 15.9 Å². The second-order valence-corrected chi connectivity index (χ2v) is 11.3. The summed E-state index contributed by atoms with van der Waals surface area (Å²) in [6.07, 6.45) is 2.55. The molecule has 0 aromatic heterocycles. The van der Waals surface area contributed by atoms with Gasteiger partial charge in [-0.25, -0.2) is 4.90 Å². The van der Waals surface area contributed by atoms with Gasteiger partial charge in [-0.05, 0) is 49.9 Å². The predicted molar refractivity (Wildman–Crippen MR) is 137 cm³/mol. The van der Waals surface area contributed by atoms with Crippen molar-refractivity contribution in [2.45, 2.75) is 25.7 Å². The highest BCUT2D eigenvalue weighted by Gasteiger charge is 2.67. The fourth-order valence-corrected chi connectivity index (χ4v) is 7.52. The molecule has 0 radical (unpaired) electrons. The highest BCUT2D eigenvalue weighted by atomic mass is 79.9. The van der Waals surface area contributed by atoms with Gasteiger partial charge < -0.3 is 9.84 Å². The number of phenols is 1. The lowest BCUT2D eigenvalue weighted by atomic mass is 9.51. The molecule has 37 heavy (non-hydrogen) atoms. The van der Waals surface area contributed by atoms with Crippen molar-refractivity contribution in [3.8, 4) is 11.5 Å². The highest BCUT2D eigenvalue weighted by molar-refractivity contribution is 9.10. The Morgan fingerprint density at radius 2 is 1.81 bits per heavy atom. The number of methoxy groups -OCH3 is 1. The number of aromatic hydroxyl groups is 1. The highest BCUT2D eigenvalue weighted by Crippen LogP contribution is 2.64. The van der Waals surface area contributed by atoms with Crippen LogP contribution in [0.5, 0.6) is 11.5 Å².